The lowest BCUT2D eigenvalue weighted by Crippen LogP contribution is -2.20. The van der Waals surface area contributed by atoms with E-state index in [1.165, 1.54) is 27.8 Å². The number of nitrogens with zero attached hydrogens (tertiary/aromatic N) is 1. The molecule has 1 heterocycles. The van der Waals surface area contributed by atoms with Gasteiger partial charge in [-0.25, -0.2) is 0 Å². The Morgan fingerprint density at radius 3 is 2.26 bits per heavy atom. The van der Waals surface area contributed by atoms with Gasteiger partial charge in [0.15, 0.2) is 0 Å². The number of hydrogen-bond donors (Lipinski definition) is 1. The second-order valence-electron chi connectivity index (χ2n) is 5.27. The molecule has 2 aromatic rings. The topological polar surface area (TPSA) is 24.9 Å². The van der Waals surface area contributed by atoms with Crippen LogP contribution in [0.2, 0.25) is 0 Å². The average molecular weight is 254 g/mol. The summed E-state index contributed by atoms with van der Waals surface area (Å²) in [7, 11) is 1.99. The molecule has 0 bridgehead atoms. The maximum atomic E-state index is 4.52. The number of aryl methyl sites for hydroxylation is 4. The highest BCUT2D eigenvalue weighted by atomic mass is 14.9. The van der Waals surface area contributed by atoms with Crippen LogP contribution in [0, 0.1) is 27.7 Å². The highest BCUT2D eigenvalue weighted by Gasteiger charge is 2.16. The second-order valence-corrected chi connectivity index (χ2v) is 5.27. The zero-order valence-corrected chi connectivity index (χ0v) is 12.4. The maximum absolute atomic E-state index is 4.52. The van der Waals surface area contributed by atoms with E-state index in [1.807, 2.05) is 19.3 Å². The zero-order valence-electron chi connectivity index (χ0n) is 12.4. The van der Waals surface area contributed by atoms with Gasteiger partial charge in [-0.1, -0.05) is 12.1 Å². The van der Waals surface area contributed by atoms with Crippen molar-refractivity contribution in [1.29, 1.82) is 0 Å². The molecule has 0 radical (unpaired) electrons. The fourth-order valence-corrected chi connectivity index (χ4v) is 2.47. The van der Waals surface area contributed by atoms with E-state index in [0.717, 1.165) is 5.69 Å². The van der Waals surface area contributed by atoms with Gasteiger partial charge in [-0.05, 0) is 74.7 Å². The molecule has 0 aliphatic rings. The molecule has 2 nitrogen and oxygen atoms in total. The molecule has 0 saturated carbocycles. The first kappa shape index (κ1) is 13.8. The predicted molar refractivity (Wildman–Crippen MR) is 80.5 cm³/mol. The molecule has 0 fully saturated rings. The van der Waals surface area contributed by atoms with Gasteiger partial charge in [0.05, 0.1) is 11.7 Å². The van der Waals surface area contributed by atoms with E-state index in [1.54, 1.807) is 0 Å². The van der Waals surface area contributed by atoms with Crippen LogP contribution in [0.15, 0.2) is 30.5 Å². The molecule has 19 heavy (non-hydrogen) atoms. The van der Waals surface area contributed by atoms with Gasteiger partial charge in [-0.3, -0.25) is 4.98 Å². The number of rotatable bonds is 3. The Morgan fingerprint density at radius 2 is 1.63 bits per heavy atom. The Labute approximate surface area is 115 Å². The monoisotopic (exact) mass is 254 g/mol. The molecular formula is C17H22N2. The van der Waals surface area contributed by atoms with E-state index in [9.17, 15) is 0 Å². The largest absolute Gasteiger partial charge is 0.308 e. The van der Waals surface area contributed by atoms with Crippen LogP contribution in [0.1, 0.15) is 39.6 Å². The summed E-state index contributed by atoms with van der Waals surface area (Å²) in [4.78, 5) is 4.52. The van der Waals surface area contributed by atoms with Crippen molar-refractivity contribution >= 4 is 0 Å². The summed E-state index contributed by atoms with van der Waals surface area (Å²) in [5.74, 6) is 0. The molecule has 0 amide bonds. The van der Waals surface area contributed by atoms with E-state index in [2.05, 4.69) is 56.2 Å². The first-order valence-corrected chi connectivity index (χ1v) is 6.70. The molecule has 0 aliphatic carbocycles. The highest BCUT2D eigenvalue weighted by Crippen LogP contribution is 2.26. The lowest BCUT2D eigenvalue weighted by atomic mass is 9.93. The molecule has 1 unspecified atom stereocenters. The zero-order chi connectivity index (χ0) is 14.0. The number of nitrogens with one attached hydrogen (secondary N) is 1. The number of pyridine rings is 1. The average Bonchev–Trinajstić information content (AvgIpc) is 2.36. The van der Waals surface area contributed by atoms with Gasteiger partial charge in [0.1, 0.15) is 0 Å². The van der Waals surface area contributed by atoms with Crippen LogP contribution < -0.4 is 5.32 Å². The van der Waals surface area contributed by atoms with Gasteiger partial charge in [0, 0.05) is 6.20 Å². The van der Waals surface area contributed by atoms with Crippen molar-refractivity contribution in [3.05, 3.63) is 64.0 Å². The van der Waals surface area contributed by atoms with E-state index < -0.39 is 0 Å². The van der Waals surface area contributed by atoms with E-state index >= 15 is 0 Å². The van der Waals surface area contributed by atoms with Crippen LogP contribution in [-0.2, 0) is 0 Å². The minimum atomic E-state index is 0.152. The third kappa shape index (κ3) is 2.85. The van der Waals surface area contributed by atoms with Crippen molar-refractivity contribution in [2.45, 2.75) is 33.7 Å². The molecular weight excluding hydrogens is 232 g/mol. The molecule has 1 aromatic carbocycles. The van der Waals surface area contributed by atoms with Crippen molar-refractivity contribution in [1.82, 2.24) is 10.3 Å². The Bertz CT molecular complexity index is 588. The summed E-state index contributed by atoms with van der Waals surface area (Å²) in [6, 6.07) is 8.86. The number of aromatic nitrogens is 1. The SMILES string of the molecule is CNC(c1cc(C)ccn1)c1cc(C)c(C)cc1C. The number of hydrogen-bond acceptors (Lipinski definition) is 2. The maximum Gasteiger partial charge on any atom is 0.0751 e. The third-order valence-electron chi connectivity index (χ3n) is 3.71. The van der Waals surface area contributed by atoms with Crippen LogP contribution in [0.5, 0.6) is 0 Å². The molecule has 1 atom stereocenters. The lowest BCUT2D eigenvalue weighted by molar-refractivity contribution is 0.665. The molecule has 2 rings (SSSR count). The first-order chi connectivity index (χ1) is 9.02. The lowest BCUT2D eigenvalue weighted by Gasteiger charge is -2.20. The molecule has 1 aromatic heterocycles. The summed E-state index contributed by atoms with van der Waals surface area (Å²) in [6.45, 7) is 8.59. The minimum absolute atomic E-state index is 0.152. The summed E-state index contributed by atoms with van der Waals surface area (Å²) >= 11 is 0. The summed E-state index contributed by atoms with van der Waals surface area (Å²) in [5.41, 5.74) is 7.61. The number of benzene rings is 1. The van der Waals surface area contributed by atoms with Crippen LogP contribution in [0.3, 0.4) is 0 Å². The first-order valence-electron chi connectivity index (χ1n) is 6.70. The molecule has 100 valence electrons. The quantitative estimate of drug-likeness (QED) is 0.905. The fraction of sp³-hybridized carbons (Fsp3) is 0.353. The van der Waals surface area contributed by atoms with Crippen molar-refractivity contribution in [3.8, 4) is 0 Å². The second kappa shape index (κ2) is 5.54. The van der Waals surface area contributed by atoms with Gasteiger partial charge in [-0.15, -0.1) is 0 Å². The Balaban J connectivity index is 2.51. The van der Waals surface area contributed by atoms with Crippen LogP contribution in [-0.4, -0.2) is 12.0 Å². The normalized spacial score (nSPS) is 12.5. The van der Waals surface area contributed by atoms with Crippen LogP contribution >= 0.6 is 0 Å². The fourth-order valence-electron chi connectivity index (χ4n) is 2.47. The van der Waals surface area contributed by atoms with Gasteiger partial charge in [0.25, 0.3) is 0 Å². The standard InChI is InChI=1S/C17H22N2/c1-11-6-7-19-16(8-11)17(18-5)15-10-13(3)12(2)9-14(15)4/h6-10,17-18H,1-5H3. The van der Waals surface area contributed by atoms with Crippen molar-refractivity contribution in [3.63, 3.8) is 0 Å². The molecule has 0 spiro atoms. The highest BCUT2D eigenvalue weighted by molar-refractivity contribution is 5.41. The van der Waals surface area contributed by atoms with E-state index in [0.29, 0.717) is 0 Å². The Kier molecular flexibility index (Phi) is 4.01. The molecule has 0 aliphatic heterocycles. The van der Waals surface area contributed by atoms with Crippen molar-refractivity contribution in [2.75, 3.05) is 7.05 Å². The van der Waals surface area contributed by atoms with E-state index in [-0.39, 0.29) is 6.04 Å². The van der Waals surface area contributed by atoms with Gasteiger partial charge < -0.3 is 5.32 Å². The van der Waals surface area contributed by atoms with Gasteiger partial charge >= 0.3 is 0 Å². The van der Waals surface area contributed by atoms with Crippen molar-refractivity contribution in [2.24, 2.45) is 0 Å². The van der Waals surface area contributed by atoms with E-state index in [4.69, 9.17) is 0 Å². The molecule has 2 heteroatoms. The molecule has 0 saturated heterocycles. The van der Waals surface area contributed by atoms with Gasteiger partial charge in [-0.2, -0.15) is 0 Å². The molecule has 1 N–H and O–H groups in total. The minimum Gasteiger partial charge on any atom is -0.308 e. The van der Waals surface area contributed by atoms with Crippen molar-refractivity contribution < 1.29 is 0 Å². The van der Waals surface area contributed by atoms with Gasteiger partial charge in [0.2, 0.25) is 0 Å². The predicted octanol–water partition coefficient (Wildman–Crippen LogP) is 3.62. The van der Waals surface area contributed by atoms with Crippen LogP contribution in [0.25, 0.3) is 0 Å². The summed E-state index contributed by atoms with van der Waals surface area (Å²) < 4.78 is 0. The Hall–Kier alpha value is -1.67. The summed E-state index contributed by atoms with van der Waals surface area (Å²) in [5, 5.41) is 3.39. The smallest absolute Gasteiger partial charge is 0.0751 e. The van der Waals surface area contributed by atoms with Crippen LogP contribution in [0.4, 0.5) is 0 Å². The Morgan fingerprint density at radius 1 is 0.947 bits per heavy atom. The third-order valence-corrected chi connectivity index (χ3v) is 3.71. The summed E-state index contributed by atoms with van der Waals surface area (Å²) in [6.07, 6.45) is 1.88.